The minimum atomic E-state index is -0.590. The van der Waals surface area contributed by atoms with Gasteiger partial charge in [0.2, 0.25) is 0 Å². The molecule has 1 aromatic heterocycles. The highest BCUT2D eigenvalue weighted by Crippen LogP contribution is 2.11. The lowest BCUT2D eigenvalue weighted by atomic mass is 10.2. The van der Waals surface area contributed by atoms with Crippen molar-refractivity contribution >= 4 is 17.6 Å². The largest absolute Gasteiger partial charge is 0.364 e. The molecule has 1 aliphatic rings. The van der Waals surface area contributed by atoms with Crippen LogP contribution in [0.1, 0.15) is 16.1 Å². The van der Waals surface area contributed by atoms with E-state index < -0.39 is 5.91 Å². The molecule has 2 aromatic rings. The Hall–Kier alpha value is -2.93. The van der Waals surface area contributed by atoms with E-state index in [9.17, 15) is 9.59 Å². The van der Waals surface area contributed by atoms with Gasteiger partial charge in [-0.3, -0.25) is 9.69 Å². The van der Waals surface area contributed by atoms with Crippen LogP contribution in [0.4, 0.5) is 10.5 Å². The van der Waals surface area contributed by atoms with Gasteiger partial charge >= 0.3 is 6.03 Å². The Bertz CT molecular complexity index is 725. The van der Waals surface area contributed by atoms with Gasteiger partial charge in [-0.05, 0) is 17.7 Å². The second-order valence-corrected chi connectivity index (χ2v) is 5.98. The van der Waals surface area contributed by atoms with Gasteiger partial charge in [-0.2, -0.15) is 0 Å². The average molecular weight is 339 g/mol. The predicted molar refractivity (Wildman–Crippen MR) is 95.1 cm³/mol. The quantitative estimate of drug-likeness (QED) is 0.884. The molecule has 1 aliphatic heterocycles. The predicted octanol–water partition coefficient (Wildman–Crippen LogP) is 1.53. The Morgan fingerprint density at radius 3 is 2.36 bits per heavy atom. The summed E-state index contributed by atoms with van der Waals surface area (Å²) in [5.41, 5.74) is 7.14. The third kappa shape index (κ3) is 4.54. The molecule has 1 saturated heterocycles. The minimum Gasteiger partial charge on any atom is -0.364 e. The standard InChI is InChI=1S/C18H21N5O2/c19-17(24)16-7-6-15(12-20-16)21-18(25)23-10-8-22(9-11-23)13-14-4-2-1-3-5-14/h1-7,12H,8-11,13H2,(H2,19,24)(H,21,25). The number of carbonyl (C=O) groups excluding carboxylic acids is 2. The van der Waals surface area contributed by atoms with Crippen LogP contribution in [-0.2, 0) is 6.54 Å². The van der Waals surface area contributed by atoms with E-state index in [-0.39, 0.29) is 11.7 Å². The van der Waals surface area contributed by atoms with E-state index in [1.807, 2.05) is 18.2 Å². The summed E-state index contributed by atoms with van der Waals surface area (Å²) < 4.78 is 0. The Balaban J connectivity index is 1.49. The first kappa shape index (κ1) is 16.9. The lowest BCUT2D eigenvalue weighted by Crippen LogP contribution is -2.49. The molecule has 0 unspecified atom stereocenters. The van der Waals surface area contributed by atoms with Crippen molar-refractivity contribution in [2.24, 2.45) is 5.73 Å². The van der Waals surface area contributed by atoms with Gasteiger partial charge in [0.05, 0.1) is 11.9 Å². The molecule has 3 amide bonds. The number of aromatic nitrogens is 1. The summed E-state index contributed by atoms with van der Waals surface area (Å²) in [5, 5.41) is 2.80. The van der Waals surface area contributed by atoms with Gasteiger partial charge in [-0.1, -0.05) is 30.3 Å². The van der Waals surface area contributed by atoms with E-state index in [0.717, 1.165) is 19.6 Å². The number of rotatable bonds is 4. The fourth-order valence-corrected chi connectivity index (χ4v) is 2.77. The van der Waals surface area contributed by atoms with Gasteiger partial charge < -0.3 is 16.0 Å². The number of hydrogen-bond acceptors (Lipinski definition) is 4. The highest BCUT2D eigenvalue weighted by Gasteiger charge is 2.21. The van der Waals surface area contributed by atoms with Crippen LogP contribution in [-0.4, -0.2) is 52.9 Å². The minimum absolute atomic E-state index is 0.159. The van der Waals surface area contributed by atoms with Crippen molar-refractivity contribution in [2.45, 2.75) is 6.54 Å². The molecule has 0 aliphatic carbocycles. The van der Waals surface area contributed by atoms with Crippen molar-refractivity contribution in [1.82, 2.24) is 14.8 Å². The molecule has 3 N–H and O–H groups in total. The van der Waals surface area contributed by atoms with E-state index in [2.05, 4.69) is 27.3 Å². The van der Waals surface area contributed by atoms with Crippen LogP contribution in [0.15, 0.2) is 48.7 Å². The summed E-state index contributed by atoms with van der Waals surface area (Å²) in [6.07, 6.45) is 1.43. The first-order chi connectivity index (χ1) is 12.1. The number of pyridine rings is 1. The number of amides is 3. The lowest BCUT2D eigenvalue weighted by Gasteiger charge is -2.34. The smallest absolute Gasteiger partial charge is 0.321 e. The Labute approximate surface area is 146 Å². The van der Waals surface area contributed by atoms with Crippen molar-refractivity contribution in [2.75, 3.05) is 31.5 Å². The second kappa shape index (κ2) is 7.76. The van der Waals surface area contributed by atoms with Crippen molar-refractivity contribution in [1.29, 1.82) is 0 Å². The molecule has 7 heteroatoms. The molecule has 3 rings (SSSR count). The summed E-state index contributed by atoms with van der Waals surface area (Å²) in [6, 6.07) is 13.3. The molecular weight excluding hydrogens is 318 g/mol. The first-order valence-corrected chi connectivity index (χ1v) is 8.20. The highest BCUT2D eigenvalue weighted by atomic mass is 16.2. The van der Waals surface area contributed by atoms with Crippen molar-refractivity contribution < 1.29 is 9.59 Å². The highest BCUT2D eigenvalue weighted by molar-refractivity contribution is 5.92. The zero-order valence-electron chi connectivity index (χ0n) is 13.9. The SMILES string of the molecule is NC(=O)c1ccc(NC(=O)N2CCN(Cc3ccccc3)CC2)cn1. The monoisotopic (exact) mass is 339 g/mol. The fraction of sp³-hybridized carbons (Fsp3) is 0.278. The van der Waals surface area contributed by atoms with Gasteiger partial charge in [-0.25, -0.2) is 9.78 Å². The third-order valence-electron chi connectivity index (χ3n) is 4.18. The maximum absolute atomic E-state index is 12.3. The summed E-state index contributed by atoms with van der Waals surface area (Å²) in [7, 11) is 0. The van der Waals surface area contributed by atoms with Crippen LogP contribution in [0.5, 0.6) is 0 Å². The molecule has 0 atom stereocenters. The number of anilines is 1. The zero-order chi connectivity index (χ0) is 17.6. The molecule has 25 heavy (non-hydrogen) atoms. The number of carbonyl (C=O) groups is 2. The van der Waals surface area contributed by atoms with Crippen LogP contribution >= 0.6 is 0 Å². The van der Waals surface area contributed by atoms with Gasteiger partial charge in [0, 0.05) is 32.7 Å². The lowest BCUT2D eigenvalue weighted by molar-refractivity contribution is 0.0995. The topological polar surface area (TPSA) is 91.6 Å². The van der Waals surface area contributed by atoms with Crippen LogP contribution in [0.3, 0.4) is 0 Å². The molecule has 1 fully saturated rings. The summed E-state index contributed by atoms with van der Waals surface area (Å²) in [5.74, 6) is -0.590. The van der Waals surface area contributed by atoms with Crippen LogP contribution in [0, 0.1) is 0 Å². The van der Waals surface area contributed by atoms with Crippen LogP contribution in [0.2, 0.25) is 0 Å². The summed E-state index contributed by atoms with van der Waals surface area (Å²) in [6.45, 7) is 3.91. The molecule has 0 bridgehead atoms. The van der Waals surface area contributed by atoms with Crippen molar-refractivity contribution in [3.05, 3.63) is 59.9 Å². The summed E-state index contributed by atoms with van der Waals surface area (Å²) in [4.78, 5) is 31.4. The van der Waals surface area contributed by atoms with E-state index in [4.69, 9.17) is 5.73 Å². The Morgan fingerprint density at radius 2 is 1.76 bits per heavy atom. The van der Waals surface area contributed by atoms with Crippen LogP contribution in [0.25, 0.3) is 0 Å². The Morgan fingerprint density at radius 1 is 1.04 bits per heavy atom. The number of nitrogens with two attached hydrogens (primary N) is 1. The third-order valence-corrected chi connectivity index (χ3v) is 4.18. The van der Waals surface area contributed by atoms with E-state index in [1.165, 1.54) is 17.8 Å². The van der Waals surface area contributed by atoms with Crippen molar-refractivity contribution in [3.8, 4) is 0 Å². The molecular formula is C18H21N5O2. The molecule has 0 saturated carbocycles. The maximum Gasteiger partial charge on any atom is 0.321 e. The van der Waals surface area contributed by atoms with Gasteiger partial charge in [0.15, 0.2) is 0 Å². The number of benzene rings is 1. The normalized spacial score (nSPS) is 15.0. The fourth-order valence-electron chi connectivity index (χ4n) is 2.77. The molecule has 2 heterocycles. The number of piperazine rings is 1. The number of nitrogens with one attached hydrogen (secondary N) is 1. The maximum atomic E-state index is 12.3. The van der Waals surface area contributed by atoms with Gasteiger partial charge in [0.25, 0.3) is 5.91 Å². The number of hydrogen-bond donors (Lipinski definition) is 2. The van der Waals surface area contributed by atoms with Gasteiger partial charge in [-0.15, -0.1) is 0 Å². The molecule has 0 radical (unpaired) electrons. The van der Waals surface area contributed by atoms with E-state index >= 15 is 0 Å². The number of urea groups is 1. The first-order valence-electron chi connectivity index (χ1n) is 8.20. The Kier molecular flexibility index (Phi) is 5.25. The van der Waals surface area contributed by atoms with E-state index in [1.54, 1.807) is 11.0 Å². The summed E-state index contributed by atoms with van der Waals surface area (Å²) >= 11 is 0. The van der Waals surface area contributed by atoms with Crippen molar-refractivity contribution in [3.63, 3.8) is 0 Å². The molecule has 1 aromatic carbocycles. The average Bonchev–Trinajstić information content (AvgIpc) is 2.63. The second-order valence-electron chi connectivity index (χ2n) is 5.98. The van der Waals surface area contributed by atoms with E-state index in [0.29, 0.717) is 18.8 Å². The molecule has 7 nitrogen and oxygen atoms in total. The number of nitrogens with zero attached hydrogens (tertiary/aromatic N) is 3. The zero-order valence-corrected chi connectivity index (χ0v) is 13.9. The number of primary amides is 1. The van der Waals surface area contributed by atoms with Gasteiger partial charge in [0.1, 0.15) is 5.69 Å². The molecule has 130 valence electrons. The molecule has 0 spiro atoms. The van der Waals surface area contributed by atoms with Crippen LogP contribution < -0.4 is 11.1 Å².